The number of fused-ring (bicyclic) bond motifs is 3. The van der Waals surface area contributed by atoms with Crippen LogP contribution in [0.4, 0.5) is 0 Å². The van der Waals surface area contributed by atoms with Crippen LogP contribution in [-0.4, -0.2) is 33.6 Å². The number of aryl methyl sites for hydroxylation is 2. The van der Waals surface area contributed by atoms with Gasteiger partial charge in [0.2, 0.25) is 0 Å². The molecule has 0 atom stereocenters. The van der Waals surface area contributed by atoms with Gasteiger partial charge in [-0.3, -0.25) is 4.68 Å². The van der Waals surface area contributed by atoms with Gasteiger partial charge in [-0.05, 0) is 66.7 Å². The minimum Gasteiger partial charge on any atom is -0.509 e. The van der Waals surface area contributed by atoms with E-state index in [9.17, 15) is 0 Å². The molecule has 0 aliphatic rings. The van der Waals surface area contributed by atoms with Crippen molar-refractivity contribution in [3.05, 3.63) is 120 Å². The van der Waals surface area contributed by atoms with E-state index in [0.29, 0.717) is 11.5 Å². The van der Waals surface area contributed by atoms with Crippen molar-refractivity contribution >= 4 is 21.8 Å². The van der Waals surface area contributed by atoms with E-state index in [1.165, 1.54) is 0 Å². The molecular weight excluding hydrogens is 679 g/mol. The van der Waals surface area contributed by atoms with Gasteiger partial charge in [0.05, 0.1) is 25.5 Å². The van der Waals surface area contributed by atoms with E-state index in [4.69, 9.17) is 19.3 Å². The molecule has 0 aliphatic heterocycles. The van der Waals surface area contributed by atoms with Crippen molar-refractivity contribution in [2.24, 2.45) is 0 Å². The van der Waals surface area contributed by atoms with Crippen LogP contribution in [0.2, 0.25) is 0 Å². The van der Waals surface area contributed by atoms with Crippen LogP contribution in [-0.2, 0) is 33.3 Å². The number of aromatic nitrogens is 4. The van der Waals surface area contributed by atoms with Gasteiger partial charge < -0.3 is 18.8 Å². The Labute approximate surface area is 288 Å². The third-order valence-electron chi connectivity index (χ3n) is 8.29. The second-order valence-electron chi connectivity index (χ2n) is 11.1. The Balaban J connectivity index is 0.00000386. The first-order valence-electron chi connectivity index (χ1n) is 15.5. The Morgan fingerprint density at radius 1 is 0.745 bits per heavy atom. The second-order valence-corrected chi connectivity index (χ2v) is 11.1. The zero-order valence-electron chi connectivity index (χ0n) is 26.9. The van der Waals surface area contributed by atoms with Gasteiger partial charge in [-0.25, -0.2) is 4.98 Å². The fourth-order valence-electron chi connectivity index (χ4n) is 6.21. The van der Waals surface area contributed by atoms with Crippen molar-refractivity contribution in [2.45, 2.75) is 33.6 Å². The fourth-order valence-corrected chi connectivity index (χ4v) is 6.21. The Morgan fingerprint density at radius 3 is 2.21 bits per heavy atom. The van der Waals surface area contributed by atoms with Crippen molar-refractivity contribution in [2.75, 3.05) is 14.2 Å². The van der Waals surface area contributed by atoms with Gasteiger partial charge in [0.15, 0.2) is 0 Å². The van der Waals surface area contributed by atoms with Gasteiger partial charge in [0, 0.05) is 34.5 Å². The average molecular weight is 713 g/mol. The van der Waals surface area contributed by atoms with Crippen LogP contribution in [0, 0.1) is 19.1 Å². The van der Waals surface area contributed by atoms with E-state index < -0.39 is 0 Å². The van der Waals surface area contributed by atoms with E-state index in [0.717, 1.165) is 85.7 Å². The van der Waals surface area contributed by atoms with Crippen LogP contribution in [0.15, 0.2) is 91.1 Å². The smallest absolute Gasteiger partial charge is 0.509 e. The van der Waals surface area contributed by atoms with Crippen LogP contribution in [0.1, 0.15) is 30.8 Å². The first-order valence-corrected chi connectivity index (χ1v) is 15.5. The predicted octanol–water partition coefficient (Wildman–Crippen LogP) is 8.87. The number of ether oxygens (including phenoxy) is 3. The SMILES string of the molecule is CCc1nn(-c2[c-]c(Oc3[c-]c4c(cc3)c3ccccc3n4-c3cc(C)ccn3)ccc2)c(CC)c1-c1c(OC)cccc1OC.[Pd+2]. The summed E-state index contributed by atoms with van der Waals surface area (Å²) in [4.78, 5) is 4.69. The predicted molar refractivity (Wildman–Crippen MR) is 182 cm³/mol. The van der Waals surface area contributed by atoms with Crippen molar-refractivity contribution in [3.63, 3.8) is 0 Å². The van der Waals surface area contributed by atoms with E-state index in [-0.39, 0.29) is 20.4 Å². The average Bonchev–Trinajstić information content (AvgIpc) is 3.63. The molecule has 3 aromatic heterocycles. The zero-order chi connectivity index (χ0) is 31.8. The molecule has 0 N–H and O–H groups in total. The number of methoxy groups -OCH3 is 2. The zero-order valence-corrected chi connectivity index (χ0v) is 28.5. The summed E-state index contributed by atoms with van der Waals surface area (Å²) >= 11 is 0. The molecule has 4 aromatic carbocycles. The molecule has 0 bridgehead atoms. The Hall–Kier alpha value is -4.90. The topological polar surface area (TPSA) is 63.3 Å². The normalized spacial score (nSPS) is 11.1. The first-order chi connectivity index (χ1) is 22.5. The number of hydrogen-bond donors (Lipinski definition) is 0. The third-order valence-corrected chi connectivity index (χ3v) is 8.29. The molecule has 7 aromatic rings. The van der Waals surface area contributed by atoms with Crippen molar-refractivity contribution < 1.29 is 34.6 Å². The molecule has 0 unspecified atom stereocenters. The molecular formula is C39H34N4O3Pd. The monoisotopic (exact) mass is 712 g/mol. The first kappa shape index (κ1) is 32.1. The molecule has 3 heterocycles. The molecule has 0 saturated carbocycles. The maximum Gasteiger partial charge on any atom is 2.00 e. The molecule has 238 valence electrons. The minimum absolute atomic E-state index is 0. The number of nitrogens with zero attached hydrogens (tertiary/aromatic N) is 4. The van der Waals surface area contributed by atoms with Gasteiger partial charge in [-0.15, -0.1) is 35.7 Å². The van der Waals surface area contributed by atoms with Gasteiger partial charge in [0.1, 0.15) is 17.3 Å². The molecule has 7 rings (SSSR count). The van der Waals surface area contributed by atoms with Gasteiger partial charge >= 0.3 is 20.4 Å². The van der Waals surface area contributed by atoms with Crippen LogP contribution >= 0.6 is 0 Å². The molecule has 8 heteroatoms. The van der Waals surface area contributed by atoms with E-state index in [1.54, 1.807) is 14.2 Å². The van der Waals surface area contributed by atoms with Gasteiger partial charge in [0.25, 0.3) is 0 Å². The Bertz CT molecular complexity index is 2200. The maximum atomic E-state index is 6.43. The standard InChI is InChI=1S/C39H34N4O3.Pd/c1-6-31-38(39-35(44-4)16-11-17-36(39)45-5)32(7-2)43(41-31)26-12-10-13-27(23-26)46-28-18-19-30-29-14-8-9-15-33(29)42(34(30)24-28)37-22-25(3)20-21-40-37;/h8-22H,6-7H2,1-5H3;/q-2;+2. The molecule has 7 nitrogen and oxygen atoms in total. The fraction of sp³-hybridized carbons (Fsp3) is 0.179. The Kier molecular flexibility index (Phi) is 9.17. The summed E-state index contributed by atoms with van der Waals surface area (Å²) in [6.45, 7) is 6.31. The van der Waals surface area contributed by atoms with Crippen molar-refractivity contribution in [3.8, 4) is 45.6 Å². The largest absolute Gasteiger partial charge is 2.00 e. The van der Waals surface area contributed by atoms with E-state index in [1.807, 2.05) is 65.5 Å². The van der Waals surface area contributed by atoms with Crippen LogP contribution < -0.4 is 14.2 Å². The summed E-state index contributed by atoms with van der Waals surface area (Å²) in [5.41, 5.74) is 7.80. The molecule has 0 spiro atoms. The van der Waals surface area contributed by atoms with Crippen LogP contribution in [0.5, 0.6) is 23.0 Å². The molecule has 0 saturated heterocycles. The summed E-state index contributed by atoms with van der Waals surface area (Å²) in [5, 5.41) is 7.28. The van der Waals surface area contributed by atoms with Gasteiger partial charge in [-0.2, -0.15) is 17.2 Å². The summed E-state index contributed by atoms with van der Waals surface area (Å²) in [5.74, 6) is 3.48. The number of hydrogen-bond acceptors (Lipinski definition) is 5. The molecule has 47 heavy (non-hydrogen) atoms. The Morgan fingerprint density at radius 2 is 1.49 bits per heavy atom. The number of para-hydroxylation sites is 1. The van der Waals surface area contributed by atoms with Crippen LogP contribution in [0.25, 0.3) is 44.4 Å². The third kappa shape index (κ3) is 5.69. The van der Waals surface area contributed by atoms with Crippen molar-refractivity contribution in [1.82, 2.24) is 19.3 Å². The summed E-state index contributed by atoms with van der Waals surface area (Å²) < 4.78 is 22.1. The number of benzene rings is 4. The quantitative estimate of drug-likeness (QED) is 0.111. The van der Waals surface area contributed by atoms with Gasteiger partial charge in [-0.1, -0.05) is 43.6 Å². The summed E-state index contributed by atoms with van der Waals surface area (Å²) in [6, 6.07) is 35.2. The molecule has 0 fully saturated rings. The maximum absolute atomic E-state index is 6.43. The summed E-state index contributed by atoms with van der Waals surface area (Å²) in [7, 11) is 3.36. The van der Waals surface area contributed by atoms with Crippen molar-refractivity contribution in [1.29, 1.82) is 0 Å². The second kappa shape index (κ2) is 13.5. The number of pyridine rings is 1. The van der Waals surface area contributed by atoms with Crippen LogP contribution in [0.3, 0.4) is 0 Å². The van der Waals surface area contributed by atoms with E-state index in [2.05, 4.69) is 72.8 Å². The molecule has 0 amide bonds. The molecule has 0 radical (unpaired) electrons. The minimum atomic E-state index is 0. The number of rotatable bonds is 9. The van der Waals surface area contributed by atoms with E-state index >= 15 is 0 Å². The molecule has 0 aliphatic carbocycles. The summed E-state index contributed by atoms with van der Waals surface area (Å²) in [6.07, 6.45) is 3.32.